The summed E-state index contributed by atoms with van der Waals surface area (Å²) in [5.41, 5.74) is 0.882. The number of unbranched alkanes of at least 4 members (excludes halogenated alkanes) is 5. The number of nitrogens with one attached hydrogen (secondary N) is 2. The van der Waals surface area contributed by atoms with Crippen LogP contribution in [0.15, 0.2) is 70.3 Å². The highest BCUT2D eigenvalue weighted by Gasteiger charge is 2.14. The Bertz CT molecular complexity index is 982. The van der Waals surface area contributed by atoms with E-state index < -0.39 is 11.2 Å². The molecule has 6 nitrogen and oxygen atoms in total. The first kappa shape index (κ1) is 21.4. The molecule has 1 aromatic heterocycles. The molecule has 0 aliphatic rings. The van der Waals surface area contributed by atoms with Crippen LogP contribution in [-0.4, -0.2) is 9.97 Å². The van der Waals surface area contributed by atoms with E-state index in [0.29, 0.717) is 11.4 Å². The van der Waals surface area contributed by atoms with Gasteiger partial charge in [-0.25, -0.2) is 4.79 Å². The van der Waals surface area contributed by atoms with Crippen molar-refractivity contribution in [1.29, 1.82) is 0 Å². The number of nitrogens with zero attached hydrogens (tertiary/aromatic N) is 1. The summed E-state index contributed by atoms with van der Waals surface area (Å²) in [5.74, 6) is 0.873. The molecule has 1 heterocycles. The quantitative estimate of drug-likeness (QED) is 0.342. The number of para-hydroxylation sites is 1. The zero-order chi connectivity index (χ0) is 21.2. The number of hydrogen-bond acceptors (Lipinski definition) is 4. The number of aromatic amines is 2. The van der Waals surface area contributed by atoms with E-state index in [1.54, 1.807) is 0 Å². The zero-order valence-electron chi connectivity index (χ0n) is 17.4. The first-order chi connectivity index (χ1) is 14.7. The molecule has 0 aliphatic carbocycles. The van der Waals surface area contributed by atoms with Crippen LogP contribution in [0.4, 0.5) is 11.5 Å². The third-order valence-corrected chi connectivity index (χ3v) is 4.89. The van der Waals surface area contributed by atoms with Gasteiger partial charge in [0.1, 0.15) is 0 Å². The summed E-state index contributed by atoms with van der Waals surface area (Å²) in [7, 11) is 0. The van der Waals surface area contributed by atoms with Crippen LogP contribution >= 0.6 is 0 Å². The molecule has 0 saturated heterocycles. The molecule has 3 aromatic rings. The van der Waals surface area contributed by atoms with Crippen molar-refractivity contribution >= 4 is 11.5 Å². The Morgan fingerprint density at radius 1 is 0.833 bits per heavy atom. The minimum atomic E-state index is -0.587. The van der Waals surface area contributed by atoms with Crippen molar-refractivity contribution in [3.8, 4) is 5.75 Å². The maximum absolute atomic E-state index is 11.8. The van der Waals surface area contributed by atoms with Gasteiger partial charge in [-0.1, -0.05) is 69.4 Å². The topological polar surface area (TPSA) is 78.2 Å². The van der Waals surface area contributed by atoms with E-state index in [9.17, 15) is 9.59 Å². The van der Waals surface area contributed by atoms with Gasteiger partial charge in [-0.2, -0.15) is 5.06 Å². The molecule has 0 unspecified atom stereocenters. The number of hydrogen-bond donors (Lipinski definition) is 2. The summed E-state index contributed by atoms with van der Waals surface area (Å²) >= 11 is 0. The fourth-order valence-electron chi connectivity index (χ4n) is 3.30. The SMILES string of the molecule is CCCCCCCCc1ccc(ON(c2ccccc2)c2cc(=O)[nH]c(=O)[nH]2)cc1. The summed E-state index contributed by atoms with van der Waals surface area (Å²) < 4.78 is 0. The van der Waals surface area contributed by atoms with Crippen molar-refractivity contribution in [1.82, 2.24) is 9.97 Å². The highest BCUT2D eigenvalue weighted by Crippen LogP contribution is 2.25. The van der Waals surface area contributed by atoms with Crippen LogP contribution in [0.2, 0.25) is 0 Å². The number of rotatable bonds is 11. The maximum Gasteiger partial charge on any atom is 0.327 e. The molecular weight excluding hydrogens is 378 g/mol. The molecule has 0 atom stereocenters. The summed E-state index contributed by atoms with van der Waals surface area (Å²) in [6, 6.07) is 18.5. The van der Waals surface area contributed by atoms with Crippen LogP contribution in [0.25, 0.3) is 0 Å². The monoisotopic (exact) mass is 407 g/mol. The fraction of sp³-hybridized carbons (Fsp3) is 0.333. The molecule has 0 aliphatic heterocycles. The highest BCUT2D eigenvalue weighted by atomic mass is 16.7. The molecule has 2 aromatic carbocycles. The van der Waals surface area contributed by atoms with E-state index in [0.717, 1.165) is 6.42 Å². The van der Waals surface area contributed by atoms with Crippen molar-refractivity contribution < 1.29 is 4.84 Å². The number of anilines is 2. The van der Waals surface area contributed by atoms with Gasteiger partial charge in [-0.05, 0) is 42.7 Å². The lowest BCUT2D eigenvalue weighted by Gasteiger charge is -2.23. The molecule has 3 rings (SSSR count). The lowest BCUT2D eigenvalue weighted by atomic mass is 10.1. The smallest absolute Gasteiger partial charge is 0.327 e. The molecule has 0 bridgehead atoms. The molecule has 30 heavy (non-hydrogen) atoms. The Balaban J connectivity index is 1.69. The molecule has 0 spiro atoms. The molecule has 0 saturated carbocycles. The van der Waals surface area contributed by atoms with Gasteiger partial charge in [-0.3, -0.25) is 14.8 Å². The van der Waals surface area contributed by atoms with Gasteiger partial charge in [0.05, 0.1) is 5.69 Å². The second-order valence-corrected chi connectivity index (χ2v) is 7.36. The van der Waals surface area contributed by atoms with Crippen LogP contribution in [0.5, 0.6) is 5.75 Å². The number of benzene rings is 2. The van der Waals surface area contributed by atoms with E-state index in [-0.39, 0.29) is 5.82 Å². The van der Waals surface area contributed by atoms with Gasteiger partial charge >= 0.3 is 5.69 Å². The molecule has 6 heteroatoms. The third kappa shape index (κ3) is 6.37. The normalized spacial score (nSPS) is 10.7. The Hall–Kier alpha value is -3.28. The minimum Gasteiger partial charge on any atom is -0.373 e. The van der Waals surface area contributed by atoms with E-state index in [4.69, 9.17) is 4.84 Å². The predicted molar refractivity (Wildman–Crippen MR) is 120 cm³/mol. The average molecular weight is 408 g/mol. The second kappa shape index (κ2) is 11.0. The number of aromatic nitrogens is 2. The van der Waals surface area contributed by atoms with Crippen LogP contribution in [0, 0.1) is 0 Å². The van der Waals surface area contributed by atoms with Crippen molar-refractivity contribution in [2.24, 2.45) is 0 Å². The second-order valence-electron chi connectivity index (χ2n) is 7.36. The van der Waals surface area contributed by atoms with Crippen LogP contribution in [-0.2, 0) is 6.42 Å². The van der Waals surface area contributed by atoms with Crippen LogP contribution in [0.1, 0.15) is 51.0 Å². The van der Waals surface area contributed by atoms with Crippen molar-refractivity contribution in [3.63, 3.8) is 0 Å². The Morgan fingerprint density at radius 3 is 2.23 bits per heavy atom. The molecule has 0 amide bonds. The van der Waals surface area contributed by atoms with Crippen molar-refractivity contribution in [2.45, 2.75) is 51.9 Å². The number of aryl methyl sites for hydroxylation is 1. The lowest BCUT2D eigenvalue weighted by molar-refractivity contribution is 0.320. The van der Waals surface area contributed by atoms with Gasteiger partial charge in [0.15, 0.2) is 11.6 Å². The van der Waals surface area contributed by atoms with E-state index >= 15 is 0 Å². The minimum absolute atomic E-state index is 0.256. The van der Waals surface area contributed by atoms with Gasteiger partial charge in [0.2, 0.25) is 0 Å². The highest BCUT2D eigenvalue weighted by molar-refractivity contribution is 5.57. The third-order valence-electron chi connectivity index (χ3n) is 4.89. The summed E-state index contributed by atoms with van der Waals surface area (Å²) in [6.45, 7) is 2.23. The average Bonchev–Trinajstić information content (AvgIpc) is 2.75. The van der Waals surface area contributed by atoms with Crippen molar-refractivity contribution in [2.75, 3.05) is 5.06 Å². The zero-order valence-corrected chi connectivity index (χ0v) is 17.4. The Morgan fingerprint density at radius 2 is 1.53 bits per heavy atom. The van der Waals surface area contributed by atoms with E-state index in [1.807, 2.05) is 42.5 Å². The van der Waals surface area contributed by atoms with E-state index in [1.165, 1.54) is 55.2 Å². The summed E-state index contributed by atoms with van der Waals surface area (Å²) in [5, 5.41) is 1.44. The summed E-state index contributed by atoms with van der Waals surface area (Å²) in [6.07, 6.45) is 8.72. The summed E-state index contributed by atoms with van der Waals surface area (Å²) in [4.78, 5) is 34.3. The number of H-pyrrole nitrogens is 2. The fourth-order valence-corrected chi connectivity index (χ4v) is 3.30. The van der Waals surface area contributed by atoms with E-state index in [2.05, 4.69) is 29.0 Å². The lowest BCUT2D eigenvalue weighted by Crippen LogP contribution is -2.29. The molecule has 0 radical (unpaired) electrons. The van der Waals surface area contributed by atoms with Gasteiger partial charge in [0, 0.05) is 6.07 Å². The molecule has 0 fully saturated rings. The molecule has 2 N–H and O–H groups in total. The van der Waals surface area contributed by atoms with Gasteiger partial charge in [0.25, 0.3) is 5.56 Å². The standard InChI is InChI=1S/C24H29N3O3/c1-2-3-4-5-6-8-11-19-14-16-21(17-15-19)30-27(20-12-9-7-10-13-20)22-18-23(28)26-24(29)25-22/h7,9-10,12-18H,2-6,8,11H2,1H3,(H2,25,26,28,29). The molecule has 158 valence electrons. The Kier molecular flexibility index (Phi) is 7.89. The van der Waals surface area contributed by atoms with Crippen molar-refractivity contribution in [3.05, 3.63) is 87.1 Å². The molecular formula is C24H29N3O3. The van der Waals surface area contributed by atoms with Gasteiger partial charge < -0.3 is 4.84 Å². The largest absolute Gasteiger partial charge is 0.373 e. The maximum atomic E-state index is 11.8. The van der Waals surface area contributed by atoms with Gasteiger partial charge in [-0.15, -0.1) is 0 Å². The first-order valence-electron chi connectivity index (χ1n) is 10.6. The van der Waals surface area contributed by atoms with Crippen LogP contribution < -0.4 is 21.1 Å². The van der Waals surface area contributed by atoms with Crippen LogP contribution in [0.3, 0.4) is 0 Å². The first-order valence-corrected chi connectivity index (χ1v) is 10.6. The predicted octanol–water partition coefficient (Wildman–Crippen LogP) is 5.10. The Labute approximate surface area is 176 Å².